The van der Waals surface area contributed by atoms with Gasteiger partial charge in [-0.15, -0.1) is 11.8 Å². The molecule has 1 aliphatic heterocycles. The monoisotopic (exact) mass is 431 g/mol. The van der Waals surface area contributed by atoms with E-state index in [4.69, 9.17) is 16.3 Å². The largest absolute Gasteiger partial charge is 0.486 e. The van der Waals surface area contributed by atoms with Crippen molar-refractivity contribution in [1.82, 2.24) is 0 Å². The van der Waals surface area contributed by atoms with E-state index < -0.39 is 0 Å². The number of hydrogen-bond donors (Lipinski definition) is 0. The van der Waals surface area contributed by atoms with E-state index in [2.05, 4.69) is 51.3 Å². The van der Waals surface area contributed by atoms with Crippen molar-refractivity contribution in [2.75, 3.05) is 12.3 Å². The van der Waals surface area contributed by atoms with Crippen molar-refractivity contribution in [2.45, 2.75) is 6.61 Å². The zero-order valence-corrected chi connectivity index (χ0v) is 16.5. The first-order valence-corrected chi connectivity index (χ1v) is 10.1. The fourth-order valence-electron chi connectivity index (χ4n) is 2.90. The zero-order valence-electron chi connectivity index (χ0n) is 13.3. The van der Waals surface area contributed by atoms with Crippen LogP contribution in [-0.2, 0) is 6.61 Å². The molecule has 0 N–H and O–H groups in total. The number of halogens is 2. The summed E-state index contributed by atoms with van der Waals surface area (Å²) in [5.74, 6) is 1.70. The van der Waals surface area contributed by atoms with Crippen LogP contribution in [-0.4, -0.2) is 17.3 Å². The molecule has 2 nitrogen and oxygen atoms in total. The summed E-state index contributed by atoms with van der Waals surface area (Å²) in [4.78, 5) is 4.50. The summed E-state index contributed by atoms with van der Waals surface area (Å²) in [5, 5.41) is 4.05. The van der Waals surface area contributed by atoms with Gasteiger partial charge in [0.25, 0.3) is 0 Å². The van der Waals surface area contributed by atoms with Gasteiger partial charge in [0.1, 0.15) is 6.61 Å². The Morgan fingerprint density at radius 2 is 1.96 bits per heavy atom. The van der Waals surface area contributed by atoms with Crippen molar-refractivity contribution in [3.63, 3.8) is 0 Å². The maximum atomic E-state index is 6.48. The first-order chi connectivity index (χ1) is 12.2. The van der Waals surface area contributed by atoms with Crippen molar-refractivity contribution in [3.05, 3.63) is 75.2 Å². The van der Waals surface area contributed by atoms with Gasteiger partial charge in [-0.1, -0.05) is 54.1 Å². The highest BCUT2D eigenvalue weighted by Gasteiger charge is 2.15. The van der Waals surface area contributed by atoms with Gasteiger partial charge in [0.05, 0.1) is 14.5 Å². The molecule has 3 aromatic carbocycles. The molecule has 0 atom stereocenters. The molecule has 0 fully saturated rings. The average Bonchev–Trinajstić information content (AvgIpc) is 3.15. The number of rotatable bonds is 4. The quantitative estimate of drug-likeness (QED) is 0.480. The molecule has 0 spiro atoms. The van der Waals surface area contributed by atoms with Gasteiger partial charge in [-0.05, 0) is 44.4 Å². The van der Waals surface area contributed by atoms with Crippen molar-refractivity contribution in [2.24, 2.45) is 4.99 Å². The second kappa shape index (κ2) is 7.40. The fourth-order valence-corrected chi connectivity index (χ4v) is 4.71. The lowest BCUT2D eigenvalue weighted by Crippen LogP contribution is -2.00. The van der Waals surface area contributed by atoms with Crippen LogP contribution in [0, 0.1) is 0 Å². The highest BCUT2D eigenvalue weighted by molar-refractivity contribution is 9.10. The predicted molar refractivity (Wildman–Crippen MR) is 111 cm³/mol. The van der Waals surface area contributed by atoms with Gasteiger partial charge in [0.2, 0.25) is 0 Å². The summed E-state index contributed by atoms with van der Waals surface area (Å²) in [6, 6.07) is 18.5. The third-order valence-electron chi connectivity index (χ3n) is 4.08. The Bertz CT molecular complexity index is 945. The van der Waals surface area contributed by atoms with Crippen molar-refractivity contribution in [3.8, 4) is 5.75 Å². The zero-order chi connectivity index (χ0) is 17.2. The first-order valence-electron chi connectivity index (χ1n) is 7.98. The van der Waals surface area contributed by atoms with Gasteiger partial charge in [-0.25, -0.2) is 0 Å². The molecule has 0 radical (unpaired) electrons. The van der Waals surface area contributed by atoms with Crippen LogP contribution in [0.3, 0.4) is 0 Å². The van der Waals surface area contributed by atoms with Crippen LogP contribution in [0.4, 0.5) is 0 Å². The highest BCUT2D eigenvalue weighted by Crippen LogP contribution is 2.37. The molecular weight excluding hydrogens is 418 g/mol. The van der Waals surface area contributed by atoms with Crippen LogP contribution >= 0.6 is 39.3 Å². The van der Waals surface area contributed by atoms with Crippen molar-refractivity contribution >= 4 is 55.1 Å². The van der Waals surface area contributed by atoms with E-state index >= 15 is 0 Å². The highest BCUT2D eigenvalue weighted by atomic mass is 79.9. The van der Waals surface area contributed by atoms with E-state index in [-0.39, 0.29) is 0 Å². The number of nitrogens with zero attached hydrogens (tertiary/aromatic N) is 1. The summed E-state index contributed by atoms with van der Waals surface area (Å²) in [7, 11) is 0. The normalized spacial score (nSPS) is 13.9. The number of benzene rings is 3. The Hall–Kier alpha value is -1.49. The summed E-state index contributed by atoms with van der Waals surface area (Å²) < 4.78 is 6.91. The van der Waals surface area contributed by atoms with E-state index in [9.17, 15) is 0 Å². The maximum Gasteiger partial charge on any atom is 0.152 e. The topological polar surface area (TPSA) is 21.6 Å². The summed E-state index contributed by atoms with van der Waals surface area (Å²) in [5.41, 5.74) is 2.18. The molecule has 0 saturated carbocycles. The van der Waals surface area contributed by atoms with Crippen LogP contribution in [0.2, 0.25) is 5.02 Å². The minimum absolute atomic E-state index is 0.467. The molecule has 0 aliphatic carbocycles. The van der Waals surface area contributed by atoms with Crippen LogP contribution in [0.5, 0.6) is 5.75 Å². The van der Waals surface area contributed by atoms with Gasteiger partial charge in [-0.2, -0.15) is 0 Å². The molecule has 4 rings (SSSR count). The Kier molecular flexibility index (Phi) is 5.02. The molecule has 0 unspecified atom stereocenters. The van der Waals surface area contributed by atoms with Gasteiger partial charge < -0.3 is 4.74 Å². The van der Waals surface area contributed by atoms with Gasteiger partial charge in [-0.3, -0.25) is 4.99 Å². The molecule has 25 heavy (non-hydrogen) atoms. The predicted octanol–water partition coefficient (Wildman–Crippen LogP) is 6.33. The Morgan fingerprint density at radius 3 is 2.76 bits per heavy atom. The van der Waals surface area contributed by atoms with Crippen LogP contribution < -0.4 is 4.74 Å². The second-order valence-electron chi connectivity index (χ2n) is 5.73. The summed E-state index contributed by atoms with van der Waals surface area (Å²) in [6.07, 6.45) is 0. The Labute approximate surface area is 164 Å². The Balaban J connectivity index is 1.60. The van der Waals surface area contributed by atoms with Crippen LogP contribution in [0.15, 0.2) is 64.1 Å². The molecule has 1 aliphatic rings. The third-order valence-corrected chi connectivity index (χ3v) is 5.98. The first kappa shape index (κ1) is 17.0. The lowest BCUT2D eigenvalue weighted by atomic mass is 10.1. The lowest BCUT2D eigenvalue weighted by Gasteiger charge is -2.13. The number of aliphatic imine (C=N–C) groups is 1. The lowest BCUT2D eigenvalue weighted by molar-refractivity contribution is 0.306. The standard InChI is InChI=1S/C20H15BrClNOS/c21-17-10-15(20-23-8-9-25-20)11-18(22)19(17)24-12-14-6-3-5-13-4-1-2-7-16(13)14/h1-7,10-11H,8-9,12H2. The number of fused-ring (bicyclic) bond motifs is 1. The maximum absolute atomic E-state index is 6.48. The van der Waals surface area contributed by atoms with E-state index in [1.54, 1.807) is 11.8 Å². The molecule has 5 heteroatoms. The molecule has 3 aromatic rings. The summed E-state index contributed by atoms with van der Waals surface area (Å²) >= 11 is 11.8. The molecule has 0 aromatic heterocycles. The number of ether oxygens (including phenoxy) is 1. The van der Waals surface area contributed by atoms with Crippen molar-refractivity contribution < 1.29 is 4.74 Å². The van der Waals surface area contributed by atoms with Crippen molar-refractivity contribution in [1.29, 1.82) is 0 Å². The SMILES string of the molecule is Clc1cc(C2=NCCS2)cc(Br)c1OCc1cccc2ccccc12. The molecule has 126 valence electrons. The molecule has 0 amide bonds. The average molecular weight is 433 g/mol. The fraction of sp³-hybridized carbons (Fsp3) is 0.150. The van der Waals surface area contributed by atoms with E-state index in [1.165, 1.54) is 10.8 Å². The van der Waals surface area contributed by atoms with E-state index in [0.29, 0.717) is 17.4 Å². The van der Waals surface area contributed by atoms with Crippen LogP contribution in [0.1, 0.15) is 11.1 Å². The smallest absolute Gasteiger partial charge is 0.152 e. The van der Waals surface area contributed by atoms with Gasteiger partial charge >= 0.3 is 0 Å². The number of hydrogen-bond acceptors (Lipinski definition) is 3. The molecule has 0 bridgehead atoms. The van der Waals surface area contributed by atoms with E-state index in [1.807, 2.05) is 24.3 Å². The minimum atomic E-state index is 0.467. The molecular formula is C20H15BrClNOS. The van der Waals surface area contributed by atoms with Gasteiger partial charge in [0, 0.05) is 17.9 Å². The molecule has 0 saturated heterocycles. The Morgan fingerprint density at radius 1 is 1.12 bits per heavy atom. The van der Waals surface area contributed by atoms with E-state index in [0.717, 1.165) is 32.9 Å². The van der Waals surface area contributed by atoms with Crippen LogP contribution in [0.25, 0.3) is 10.8 Å². The number of thioether (sulfide) groups is 1. The third kappa shape index (κ3) is 3.57. The van der Waals surface area contributed by atoms with Gasteiger partial charge in [0.15, 0.2) is 5.75 Å². The summed E-state index contributed by atoms with van der Waals surface area (Å²) in [6.45, 7) is 1.34. The minimum Gasteiger partial charge on any atom is -0.486 e. The second-order valence-corrected chi connectivity index (χ2v) is 8.08. The molecule has 1 heterocycles.